The summed E-state index contributed by atoms with van der Waals surface area (Å²) in [7, 11) is 0. The molecule has 2 amide bonds. The second kappa shape index (κ2) is 6.90. The minimum Gasteiger partial charge on any atom is -0.340 e. The van der Waals surface area contributed by atoms with Crippen LogP contribution in [0.4, 0.5) is 8.78 Å². The molecular formula is C17H22F2N4O4. The number of aromatic nitrogens is 2. The molecule has 2 fully saturated rings. The second-order valence-corrected chi connectivity index (χ2v) is 7.31. The van der Waals surface area contributed by atoms with Crippen molar-refractivity contribution in [3.05, 3.63) is 32.1 Å². The number of hydrogen-bond donors (Lipinski definition) is 2. The predicted molar refractivity (Wildman–Crippen MR) is 91.6 cm³/mol. The molecule has 0 aromatic carbocycles. The van der Waals surface area contributed by atoms with Crippen molar-refractivity contribution in [1.29, 1.82) is 0 Å². The van der Waals surface area contributed by atoms with Gasteiger partial charge >= 0.3 is 11.6 Å². The molecule has 3 heterocycles. The maximum atomic E-state index is 13.4. The van der Waals surface area contributed by atoms with Crippen LogP contribution >= 0.6 is 0 Å². The molecule has 0 spiro atoms. The third kappa shape index (κ3) is 3.79. The Labute approximate surface area is 153 Å². The fourth-order valence-electron chi connectivity index (χ4n) is 3.99. The molecule has 2 aliphatic rings. The Morgan fingerprint density at radius 3 is 2.56 bits per heavy atom. The zero-order valence-electron chi connectivity index (χ0n) is 15.2. The van der Waals surface area contributed by atoms with Crippen LogP contribution in [-0.4, -0.2) is 63.2 Å². The molecule has 2 N–H and O–H groups in total. The van der Waals surface area contributed by atoms with Crippen molar-refractivity contribution < 1.29 is 18.4 Å². The number of nitrogens with one attached hydrogen (secondary N) is 2. The monoisotopic (exact) mass is 384 g/mol. The maximum Gasteiger partial charge on any atom is 0.325 e. The third-order valence-electron chi connectivity index (χ3n) is 5.38. The van der Waals surface area contributed by atoms with Crippen LogP contribution in [0.25, 0.3) is 0 Å². The summed E-state index contributed by atoms with van der Waals surface area (Å²) in [6.07, 6.45) is 0.820. The van der Waals surface area contributed by atoms with Crippen LogP contribution < -0.4 is 11.2 Å². The van der Waals surface area contributed by atoms with E-state index < -0.39 is 23.1 Å². The first-order valence-corrected chi connectivity index (χ1v) is 8.86. The quantitative estimate of drug-likeness (QED) is 0.763. The summed E-state index contributed by atoms with van der Waals surface area (Å²) in [6, 6.07) is -0.384. The van der Waals surface area contributed by atoms with Crippen LogP contribution in [0.3, 0.4) is 0 Å². The molecule has 0 aliphatic carbocycles. The van der Waals surface area contributed by atoms with E-state index in [2.05, 4.69) is 9.97 Å². The van der Waals surface area contributed by atoms with E-state index in [-0.39, 0.29) is 43.8 Å². The Bertz CT molecular complexity index is 873. The second-order valence-electron chi connectivity index (χ2n) is 7.31. The van der Waals surface area contributed by atoms with Gasteiger partial charge in [-0.25, -0.2) is 4.79 Å². The Kier molecular flexibility index (Phi) is 4.92. The van der Waals surface area contributed by atoms with Crippen molar-refractivity contribution in [3.8, 4) is 0 Å². The van der Waals surface area contributed by atoms with Crippen molar-refractivity contribution >= 4 is 11.8 Å². The van der Waals surface area contributed by atoms with E-state index in [0.717, 1.165) is 0 Å². The van der Waals surface area contributed by atoms with Gasteiger partial charge in [0.2, 0.25) is 5.91 Å². The highest BCUT2D eigenvalue weighted by Crippen LogP contribution is 2.34. The molecule has 1 aromatic heterocycles. The highest BCUT2D eigenvalue weighted by Gasteiger charge is 2.49. The lowest BCUT2D eigenvalue weighted by atomic mass is 10.1. The van der Waals surface area contributed by atoms with Crippen LogP contribution in [0, 0.1) is 12.8 Å². The molecule has 0 unspecified atom stereocenters. The number of alkyl halides is 2. The molecule has 10 heteroatoms. The fraction of sp³-hybridized carbons (Fsp3) is 0.647. The normalized spacial score (nSPS) is 22.2. The lowest BCUT2D eigenvalue weighted by Gasteiger charge is -2.27. The number of nitrogens with zero attached hydrogens (tertiary/aromatic N) is 2. The Morgan fingerprint density at radius 2 is 1.93 bits per heavy atom. The van der Waals surface area contributed by atoms with E-state index in [1.807, 2.05) is 0 Å². The molecule has 0 radical (unpaired) electrons. The molecule has 0 bridgehead atoms. The summed E-state index contributed by atoms with van der Waals surface area (Å²) >= 11 is 0. The molecule has 2 aliphatic heterocycles. The van der Waals surface area contributed by atoms with Gasteiger partial charge in [-0.15, -0.1) is 0 Å². The van der Waals surface area contributed by atoms with Crippen LogP contribution in [0.5, 0.6) is 0 Å². The number of aromatic amines is 2. The van der Waals surface area contributed by atoms with E-state index >= 15 is 0 Å². The molecule has 1 aromatic rings. The number of halogens is 2. The summed E-state index contributed by atoms with van der Waals surface area (Å²) in [5.41, 5.74) is -0.372. The number of rotatable bonds is 4. The van der Waals surface area contributed by atoms with Gasteiger partial charge in [-0.3, -0.25) is 19.4 Å². The van der Waals surface area contributed by atoms with Gasteiger partial charge in [0.15, 0.2) is 0 Å². The summed E-state index contributed by atoms with van der Waals surface area (Å²) in [6.45, 7) is 3.11. The van der Waals surface area contributed by atoms with Crippen LogP contribution in [0.2, 0.25) is 0 Å². The van der Waals surface area contributed by atoms with Gasteiger partial charge in [-0.1, -0.05) is 0 Å². The van der Waals surface area contributed by atoms with Crippen LogP contribution in [-0.2, 0) is 16.0 Å². The van der Waals surface area contributed by atoms with E-state index in [4.69, 9.17) is 0 Å². The van der Waals surface area contributed by atoms with Crippen LogP contribution in [0.1, 0.15) is 31.0 Å². The molecule has 2 atom stereocenters. The average molecular weight is 384 g/mol. The van der Waals surface area contributed by atoms with Gasteiger partial charge in [0.25, 0.3) is 11.5 Å². The summed E-state index contributed by atoms with van der Waals surface area (Å²) in [5, 5.41) is 0. The van der Waals surface area contributed by atoms with E-state index in [0.29, 0.717) is 31.1 Å². The highest BCUT2D eigenvalue weighted by atomic mass is 19.3. The van der Waals surface area contributed by atoms with Gasteiger partial charge in [0.05, 0.1) is 6.04 Å². The zero-order chi connectivity index (χ0) is 19.9. The summed E-state index contributed by atoms with van der Waals surface area (Å²) in [5.74, 6) is -4.82. The maximum absolute atomic E-state index is 13.4. The largest absolute Gasteiger partial charge is 0.340 e. The fourth-order valence-corrected chi connectivity index (χ4v) is 3.99. The molecule has 0 saturated carbocycles. The molecule has 27 heavy (non-hydrogen) atoms. The number of hydrogen-bond acceptors (Lipinski definition) is 4. The van der Waals surface area contributed by atoms with E-state index in [1.165, 1.54) is 4.90 Å². The topological polar surface area (TPSA) is 106 Å². The summed E-state index contributed by atoms with van der Waals surface area (Å²) < 4.78 is 26.7. The minimum absolute atomic E-state index is 0.00142. The van der Waals surface area contributed by atoms with Crippen molar-refractivity contribution in [1.82, 2.24) is 19.8 Å². The summed E-state index contributed by atoms with van der Waals surface area (Å²) in [4.78, 5) is 54.8. The van der Waals surface area contributed by atoms with E-state index in [9.17, 15) is 28.0 Å². The molecule has 148 valence electrons. The average Bonchev–Trinajstić information content (AvgIpc) is 3.12. The smallest absolute Gasteiger partial charge is 0.325 e. The minimum atomic E-state index is -3.42. The number of carbonyl (C=O) groups excluding carboxylic acids is 2. The van der Waals surface area contributed by atoms with Crippen molar-refractivity contribution in [2.45, 2.75) is 45.1 Å². The Morgan fingerprint density at radius 1 is 1.22 bits per heavy atom. The van der Waals surface area contributed by atoms with Gasteiger partial charge < -0.3 is 14.8 Å². The number of H-pyrrole nitrogens is 2. The number of amides is 2. The Balaban J connectivity index is 1.63. The Hall–Kier alpha value is -2.52. The zero-order valence-corrected chi connectivity index (χ0v) is 15.2. The van der Waals surface area contributed by atoms with Crippen molar-refractivity contribution in [2.24, 2.45) is 5.92 Å². The van der Waals surface area contributed by atoms with Gasteiger partial charge in [-0.2, -0.15) is 8.78 Å². The molecule has 3 rings (SSSR count). The number of fused-ring (bicyclic) bond motifs is 1. The first-order valence-electron chi connectivity index (χ1n) is 8.86. The van der Waals surface area contributed by atoms with E-state index in [1.54, 1.807) is 11.8 Å². The lowest BCUT2D eigenvalue weighted by Crippen LogP contribution is -2.47. The lowest BCUT2D eigenvalue weighted by molar-refractivity contribution is -0.156. The predicted octanol–water partition coefficient (Wildman–Crippen LogP) is 0.0187. The highest BCUT2D eigenvalue weighted by molar-refractivity contribution is 5.84. The number of likely N-dealkylation sites (tertiary alicyclic amines) is 2. The first kappa shape index (κ1) is 19.2. The SMILES string of the molecule is Cc1[nH]c(=O)[nH]c(=O)c1CCC(=O)N1C[C@@H]2CCN(C(=O)C(C)(F)F)[C@@H]2C1. The molecule has 8 nitrogen and oxygen atoms in total. The number of aryl methyl sites for hydroxylation is 1. The molecule has 2 saturated heterocycles. The van der Waals surface area contributed by atoms with Gasteiger partial charge in [-0.05, 0) is 19.8 Å². The standard InChI is InChI=1S/C17H22F2N4O4/c1-9-11(14(25)21-16(27)20-9)3-4-13(24)22-7-10-5-6-23(12(10)8-22)15(26)17(2,18)19/h10,12H,3-8H2,1-2H3,(H2,20,21,25,27)/t10-,12+/m0/s1. The van der Waals surface area contributed by atoms with Gasteiger partial charge in [0, 0.05) is 50.2 Å². The number of carbonyl (C=O) groups is 2. The van der Waals surface area contributed by atoms with Crippen molar-refractivity contribution in [2.75, 3.05) is 19.6 Å². The first-order chi connectivity index (χ1) is 12.6. The molecular weight excluding hydrogens is 362 g/mol. The van der Waals surface area contributed by atoms with Gasteiger partial charge in [0.1, 0.15) is 0 Å². The van der Waals surface area contributed by atoms with Crippen molar-refractivity contribution in [3.63, 3.8) is 0 Å². The third-order valence-corrected chi connectivity index (χ3v) is 5.38. The van der Waals surface area contributed by atoms with Crippen LogP contribution in [0.15, 0.2) is 9.59 Å².